The Balaban J connectivity index is 0.000000198. The number of hydrogen-bond acceptors (Lipinski definition) is 24. The van der Waals surface area contributed by atoms with Gasteiger partial charge in [-0.05, 0) is 228 Å². The Kier molecular flexibility index (Phi) is 35.7. The molecular formula is C75H83Br5Cl3F2N17O9S3. The molecule has 0 radical (unpaired) electrons. The number of rotatable bonds is 18. The van der Waals surface area contributed by atoms with E-state index in [0.717, 1.165) is 82.9 Å². The Morgan fingerprint density at radius 3 is 1.32 bits per heavy atom. The number of nitrogen functional groups attached to an aromatic ring is 2. The van der Waals surface area contributed by atoms with Gasteiger partial charge in [0, 0.05) is 175 Å². The molecule has 13 rings (SSSR count). The van der Waals surface area contributed by atoms with Crippen LogP contribution in [-0.2, 0) is 46.9 Å². The number of methoxy groups -OCH3 is 2. The molecule has 11 heterocycles. The normalized spacial score (nSPS) is 14.3. The number of ether oxygens (including phenoxy) is 3. The average Bonchev–Trinajstić information content (AvgIpc) is 0.796. The maximum atomic E-state index is 15.3. The highest BCUT2D eigenvalue weighted by Crippen LogP contribution is 2.34. The number of aromatic nitrogens is 8. The summed E-state index contributed by atoms with van der Waals surface area (Å²) >= 11 is 26.9. The molecule has 10 aromatic rings. The molecule has 8 aromatic heterocycles. The minimum absolute atomic E-state index is 0.0176. The average molecular weight is 2010 g/mol. The van der Waals surface area contributed by atoms with E-state index in [2.05, 4.69) is 176 Å². The summed E-state index contributed by atoms with van der Waals surface area (Å²) in [7, 11) is -4.13. The molecule has 0 unspecified atom stereocenters. The third-order valence-corrected chi connectivity index (χ3v) is 24.1. The minimum atomic E-state index is -4.08. The zero-order valence-electron chi connectivity index (χ0n) is 62.7. The van der Waals surface area contributed by atoms with Crippen molar-refractivity contribution in [2.75, 3.05) is 119 Å². The largest absolute Gasteiger partial charge is 0.480 e. The summed E-state index contributed by atoms with van der Waals surface area (Å²) in [5.41, 5.74) is 17.4. The van der Waals surface area contributed by atoms with Crippen LogP contribution in [0.3, 0.4) is 0 Å². The highest BCUT2D eigenvalue weighted by molar-refractivity contribution is 9.11. The zero-order chi connectivity index (χ0) is 83.0. The first kappa shape index (κ1) is 92.5. The molecular weight excluding hydrogens is 1920 g/mol. The number of hydrogen-bond donors (Lipinski definition) is 4. The molecule has 2 aromatic carbocycles. The fourth-order valence-electron chi connectivity index (χ4n) is 11.3. The molecule has 3 aliphatic heterocycles. The summed E-state index contributed by atoms with van der Waals surface area (Å²) in [6.45, 7) is 22.4. The summed E-state index contributed by atoms with van der Waals surface area (Å²) in [5, 5.41) is 0.214. The molecule has 0 spiro atoms. The van der Waals surface area contributed by atoms with Gasteiger partial charge in [-0.3, -0.25) is 39.0 Å². The maximum Gasteiger partial charge on any atom is 0.267 e. The van der Waals surface area contributed by atoms with Gasteiger partial charge >= 0.3 is 0 Å². The lowest BCUT2D eigenvalue weighted by Gasteiger charge is -2.36. The Bertz CT molecular complexity index is 5170. The van der Waals surface area contributed by atoms with Crippen LogP contribution in [0.15, 0.2) is 196 Å². The molecule has 3 fully saturated rings. The standard InChI is InChI=1S/C29H37FN6O4S.C25H29BrFN5O3S.C6H6BrN.C5H2BrCl2NO2S.C5H4BrClN2.C5H5BrN2/c1-21(2)35-10-8-34(9-11-35)20-22-4-5-25(26(30)16-22)27-17-23(6-7-31-27)33-41(37,38)28-18-24(19-32-29(28)39-3)36-12-14-40-15-13-36;1-17(2)32-10-8-31(9-11-32)16-18-4-5-21(22(27)12-18)23-14-20(6-7-28-23)30-36(33,34)24-13-19(26)15-29-25(24)35-3;1-5-2-3-8-6(7)4-5;6-3-1-4(12(8,10)11)5(7)9-2-3;6-3-1-4(8)5(7)9-2-3;6-5-3-4(7)1-2-8-5/h4-7,16-19,21H,8-15,20H2,1-3H3,(H,31,33);4-7,12-15,17H,8-11,16H2,1-3H3,(H,28,30);2-4H,1H3;1-2H;1-2H,8H2;1-3H,(H2,7,8). The number of nitrogens with two attached hydrogens (primary N) is 2. The molecule has 0 atom stereocenters. The summed E-state index contributed by atoms with van der Waals surface area (Å²) < 4.78 is 129. The van der Waals surface area contributed by atoms with Crippen LogP contribution < -0.4 is 35.3 Å². The van der Waals surface area contributed by atoms with Gasteiger partial charge in [-0.25, -0.2) is 63.9 Å². The van der Waals surface area contributed by atoms with Crippen LogP contribution in [0.1, 0.15) is 44.4 Å². The van der Waals surface area contributed by atoms with E-state index < -0.39 is 40.7 Å². The summed E-state index contributed by atoms with van der Waals surface area (Å²) in [6, 6.07) is 30.7. The number of piperazine rings is 2. The number of aryl methyl sites for hydroxylation is 1. The molecule has 39 heteroatoms. The van der Waals surface area contributed by atoms with Crippen molar-refractivity contribution in [3.8, 4) is 34.3 Å². The van der Waals surface area contributed by atoms with E-state index in [1.54, 1.807) is 61.2 Å². The van der Waals surface area contributed by atoms with E-state index in [4.69, 9.17) is 59.6 Å². The van der Waals surface area contributed by atoms with Gasteiger partial charge < -0.3 is 30.6 Å². The van der Waals surface area contributed by atoms with E-state index in [-0.39, 0.29) is 43.0 Å². The minimum Gasteiger partial charge on any atom is -0.480 e. The number of anilines is 5. The first-order valence-corrected chi connectivity index (χ1v) is 44.9. The molecule has 114 heavy (non-hydrogen) atoms. The van der Waals surface area contributed by atoms with Crippen LogP contribution >= 0.6 is 114 Å². The molecule has 0 saturated carbocycles. The SMILES string of the molecule is COc1ncc(Br)cc1S(=O)(=O)Nc1ccnc(-c2ccc(CN3CCN(C(C)C)CC3)cc2F)c1.COc1ncc(N2CCOCC2)cc1S(=O)(=O)Nc1ccnc(-c2ccc(CN3CCN(C(C)C)CC3)cc2F)c1.Cc1ccnc(Br)c1.Nc1cc(Br)cnc1Cl.Nc1ccnc(Br)c1.O=S(=O)(Cl)c1cc(Br)cnc1Cl. The third kappa shape index (κ3) is 28.7. The highest BCUT2D eigenvalue weighted by Gasteiger charge is 2.27. The molecule has 26 nitrogen and oxygen atoms in total. The molecule has 3 aliphatic rings. The van der Waals surface area contributed by atoms with Gasteiger partial charge in [0.25, 0.3) is 29.1 Å². The van der Waals surface area contributed by atoms with Gasteiger partial charge in [-0.15, -0.1) is 0 Å². The number of benzene rings is 2. The molecule has 0 amide bonds. The van der Waals surface area contributed by atoms with Crippen molar-refractivity contribution in [2.24, 2.45) is 0 Å². The maximum absolute atomic E-state index is 15.3. The van der Waals surface area contributed by atoms with Gasteiger partial charge in [-0.1, -0.05) is 35.3 Å². The monoisotopic (exact) mass is 2000 g/mol. The Hall–Kier alpha value is -6.98. The van der Waals surface area contributed by atoms with Crippen LogP contribution in [0.25, 0.3) is 22.5 Å². The Labute approximate surface area is 719 Å². The van der Waals surface area contributed by atoms with Crippen molar-refractivity contribution < 1.29 is 48.2 Å². The predicted molar refractivity (Wildman–Crippen MR) is 462 cm³/mol. The number of nitrogens with one attached hydrogen (secondary N) is 2. The van der Waals surface area contributed by atoms with Gasteiger partial charge in [0.15, 0.2) is 14.9 Å². The van der Waals surface area contributed by atoms with Crippen molar-refractivity contribution in [2.45, 2.75) is 74.5 Å². The van der Waals surface area contributed by atoms with Crippen LogP contribution in [-0.4, -0.2) is 190 Å². The molecule has 0 bridgehead atoms. The molecule has 610 valence electrons. The van der Waals surface area contributed by atoms with Gasteiger partial charge in [0.1, 0.15) is 30.9 Å². The predicted octanol–water partition coefficient (Wildman–Crippen LogP) is 15.9. The number of morpholine rings is 1. The van der Waals surface area contributed by atoms with Crippen LogP contribution in [0.2, 0.25) is 10.3 Å². The first-order valence-electron chi connectivity index (χ1n) is 34.9. The van der Waals surface area contributed by atoms with E-state index in [9.17, 15) is 25.3 Å². The quantitative estimate of drug-likeness (QED) is 0.0458. The van der Waals surface area contributed by atoms with Crippen molar-refractivity contribution in [1.29, 1.82) is 0 Å². The van der Waals surface area contributed by atoms with Gasteiger partial charge in [0.05, 0.1) is 67.8 Å². The smallest absolute Gasteiger partial charge is 0.267 e. The van der Waals surface area contributed by atoms with Gasteiger partial charge in [0.2, 0.25) is 11.8 Å². The second-order valence-electron chi connectivity index (χ2n) is 26.0. The molecule has 3 saturated heterocycles. The van der Waals surface area contributed by atoms with E-state index in [1.165, 1.54) is 93.1 Å². The second-order valence-corrected chi connectivity index (χ2v) is 36.9. The molecule has 6 N–H and O–H groups in total. The summed E-state index contributed by atoms with van der Waals surface area (Å²) in [6.07, 6.45) is 12.3. The lowest BCUT2D eigenvalue weighted by Crippen LogP contribution is -2.48. The fraction of sp³-hybridized carbons (Fsp3) is 0.307. The topological polar surface area (TPSA) is 326 Å². The van der Waals surface area contributed by atoms with Crippen molar-refractivity contribution in [1.82, 2.24) is 59.5 Å². The van der Waals surface area contributed by atoms with Crippen molar-refractivity contribution in [3.63, 3.8) is 0 Å². The van der Waals surface area contributed by atoms with Crippen LogP contribution in [0.5, 0.6) is 11.8 Å². The van der Waals surface area contributed by atoms with Gasteiger partial charge in [-0.2, -0.15) is 0 Å². The van der Waals surface area contributed by atoms with Crippen LogP contribution in [0, 0.1) is 18.6 Å². The van der Waals surface area contributed by atoms with E-state index in [1.807, 2.05) is 36.1 Å². The fourth-order valence-corrected chi connectivity index (χ4v) is 17.3. The Morgan fingerprint density at radius 1 is 0.500 bits per heavy atom. The zero-order valence-corrected chi connectivity index (χ0v) is 75.4. The van der Waals surface area contributed by atoms with Crippen molar-refractivity contribution in [3.05, 3.63) is 220 Å². The molecule has 0 aliphatic carbocycles. The van der Waals surface area contributed by atoms with Crippen molar-refractivity contribution >= 4 is 171 Å². The number of pyridine rings is 8. The van der Waals surface area contributed by atoms with E-state index in [0.29, 0.717) is 99.5 Å². The lowest BCUT2D eigenvalue weighted by atomic mass is 10.1. The number of nitrogens with zero attached hydrogens (tertiary/aromatic N) is 13. The number of halogens is 10. The second kappa shape index (κ2) is 44.0. The summed E-state index contributed by atoms with van der Waals surface area (Å²) in [4.78, 5) is 43.1. The highest BCUT2D eigenvalue weighted by atomic mass is 79.9. The summed E-state index contributed by atoms with van der Waals surface area (Å²) in [5.74, 6) is -0.859. The van der Waals surface area contributed by atoms with Crippen LogP contribution in [0.4, 0.5) is 37.2 Å². The lowest BCUT2D eigenvalue weighted by molar-refractivity contribution is 0.104. The van der Waals surface area contributed by atoms with E-state index >= 15 is 8.78 Å². The third-order valence-electron chi connectivity index (χ3n) is 17.2. The number of sulfonamides is 2. The first-order chi connectivity index (χ1) is 54.1. The Morgan fingerprint density at radius 2 is 0.930 bits per heavy atom.